The van der Waals surface area contributed by atoms with Crippen LogP contribution in [0.1, 0.15) is 43.2 Å². The molecule has 0 saturated heterocycles. The minimum Gasteiger partial charge on any atom is -0.480 e. The molecule has 0 unspecified atom stereocenters. The van der Waals surface area contributed by atoms with Crippen LogP contribution in [0, 0.1) is 0 Å². The van der Waals surface area contributed by atoms with Gasteiger partial charge in [-0.3, -0.25) is 4.79 Å². The Morgan fingerprint density at radius 3 is 2.90 bits per heavy atom. The van der Waals surface area contributed by atoms with Gasteiger partial charge in [-0.2, -0.15) is 0 Å². The molecule has 1 aliphatic rings. The normalized spacial score (nSPS) is 17.9. The number of hydrogen-bond donors (Lipinski definition) is 1. The number of carboxylic acid groups (broad SMARTS) is 1. The molecule has 1 aliphatic heterocycles. The van der Waals surface area contributed by atoms with Gasteiger partial charge in [0.05, 0.1) is 23.9 Å². The minimum absolute atomic E-state index is 0.00269. The standard InChI is InChI=1S/C17H21NO3/c1-3-11-6-5-7-12-13-8-9-21-14(4-2)17(13)18(16(11)12)10-15(19)20/h5-7,14H,3-4,8-10H2,1-2H3,(H,19,20)/t14-/m1/s1. The first-order valence-corrected chi connectivity index (χ1v) is 7.63. The topological polar surface area (TPSA) is 51.5 Å². The van der Waals surface area contributed by atoms with Gasteiger partial charge in [0.2, 0.25) is 0 Å². The van der Waals surface area contributed by atoms with Crippen LogP contribution in [0.5, 0.6) is 0 Å². The molecule has 4 nitrogen and oxygen atoms in total. The fourth-order valence-electron chi connectivity index (χ4n) is 3.48. The maximum Gasteiger partial charge on any atom is 0.323 e. The van der Waals surface area contributed by atoms with Crippen molar-refractivity contribution in [3.63, 3.8) is 0 Å². The molecule has 2 aromatic rings. The Kier molecular flexibility index (Phi) is 3.72. The number of benzene rings is 1. The second-order valence-electron chi connectivity index (χ2n) is 5.53. The highest BCUT2D eigenvalue weighted by Crippen LogP contribution is 2.38. The van der Waals surface area contributed by atoms with Gasteiger partial charge in [0.25, 0.3) is 0 Å². The van der Waals surface area contributed by atoms with Crippen LogP contribution in [0.25, 0.3) is 10.9 Å². The van der Waals surface area contributed by atoms with Crippen molar-refractivity contribution in [2.24, 2.45) is 0 Å². The number of ether oxygens (including phenoxy) is 1. The third-order valence-corrected chi connectivity index (χ3v) is 4.34. The number of fused-ring (bicyclic) bond motifs is 3. The summed E-state index contributed by atoms with van der Waals surface area (Å²) >= 11 is 0. The summed E-state index contributed by atoms with van der Waals surface area (Å²) in [5.41, 5.74) is 4.64. The van der Waals surface area contributed by atoms with Crippen LogP contribution in [-0.4, -0.2) is 22.2 Å². The van der Waals surface area contributed by atoms with Crippen LogP contribution in [0.4, 0.5) is 0 Å². The minimum atomic E-state index is -0.805. The summed E-state index contributed by atoms with van der Waals surface area (Å²) in [7, 11) is 0. The first-order valence-electron chi connectivity index (χ1n) is 7.63. The summed E-state index contributed by atoms with van der Waals surface area (Å²) < 4.78 is 7.84. The molecule has 1 N–H and O–H groups in total. The van der Waals surface area contributed by atoms with E-state index < -0.39 is 5.97 Å². The summed E-state index contributed by atoms with van der Waals surface area (Å²) in [6.45, 7) is 4.92. The van der Waals surface area contributed by atoms with Crippen LogP contribution in [0.3, 0.4) is 0 Å². The first-order chi connectivity index (χ1) is 10.2. The zero-order valence-corrected chi connectivity index (χ0v) is 12.6. The molecular weight excluding hydrogens is 266 g/mol. The van der Waals surface area contributed by atoms with Crippen LogP contribution >= 0.6 is 0 Å². The number of rotatable bonds is 4. The summed E-state index contributed by atoms with van der Waals surface area (Å²) in [5, 5.41) is 10.5. The smallest absolute Gasteiger partial charge is 0.323 e. The number of carboxylic acids is 1. The Balaban J connectivity index is 2.34. The van der Waals surface area contributed by atoms with Crippen molar-refractivity contribution >= 4 is 16.9 Å². The average Bonchev–Trinajstić information content (AvgIpc) is 2.81. The highest BCUT2D eigenvalue weighted by molar-refractivity contribution is 5.89. The van der Waals surface area contributed by atoms with Crippen molar-refractivity contribution in [3.05, 3.63) is 35.0 Å². The summed E-state index contributed by atoms with van der Waals surface area (Å²) in [6.07, 6.45) is 2.63. The molecule has 0 aliphatic carbocycles. The Hall–Kier alpha value is -1.81. The summed E-state index contributed by atoms with van der Waals surface area (Å²) in [5.74, 6) is -0.805. The van der Waals surface area contributed by atoms with Crippen LogP contribution in [-0.2, 0) is 28.9 Å². The largest absolute Gasteiger partial charge is 0.480 e. The van der Waals surface area contributed by atoms with Gasteiger partial charge in [0.15, 0.2) is 0 Å². The quantitative estimate of drug-likeness (QED) is 0.938. The molecule has 0 spiro atoms. The Morgan fingerprint density at radius 1 is 1.43 bits per heavy atom. The first kappa shape index (κ1) is 14.1. The Morgan fingerprint density at radius 2 is 2.24 bits per heavy atom. The lowest BCUT2D eigenvalue weighted by Crippen LogP contribution is -2.21. The van der Waals surface area contributed by atoms with Gasteiger partial charge in [0.1, 0.15) is 6.54 Å². The number of para-hydroxylation sites is 1. The summed E-state index contributed by atoms with van der Waals surface area (Å²) in [4.78, 5) is 11.3. The molecule has 2 heterocycles. The predicted octanol–water partition coefficient (Wildman–Crippen LogP) is 3.31. The van der Waals surface area contributed by atoms with Gasteiger partial charge in [0, 0.05) is 5.39 Å². The molecule has 21 heavy (non-hydrogen) atoms. The molecule has 3 rings (SSSR count). The fourth-order valence-corrected chi connectivity index (χ4v) is 3.48. The molecule has 112 valence electrons. The fraction of sp³-hybridized carbons (Fsp3) is 0.471. The second kappa shape index (κ2) is 5.53. The molecule has 0 bridgehead atoms. The van der Waals surface area contributed by atoms with Gasteiger partial charge in [-0.25, -0.2) is 0 Å². The van der Waals surface area contributed by atoms with Gasteiger partial charge < -0.3 is 14.4 Å². The molecule has 0 amide bonds. The van der Waals surface area contributed by atoms with E-state index >= 15 is 0 Å². The van der Waals surface area contributed by atoms with Crippen LogP contribution in [0.15, 0.2) is 18.2 Å². The van der Waals surface area contributed by atoms with Crippen molar-refractivity contribution in [1.29, 1.82) is 0 Å². The van der Waals surface area contributed by atoms with E-state index in [0.717, 1.165) is 30.5 Å². The maximum absolute atomic E-state index is 11.3. The molecule has 1 aromatic heterocycles. The van der Waals surface area contributed by atoms with E-state index in [1.165, 1.54) is 16.5 Å². The predicted molar refractivity (Wildman–Crippen MR) is 81.6 cm³/mol. The highest BCUT2D eigenvalue weighted by atomic mass is 16.5. The van der Waals surface area contributed by atoms with Gasteiger partial charge >= 0.3 is 5.97 Å². The average molecular weight is 287 g/mol. The molecule has 0 radical (unpaired) electrons. The summed E-state index contributed by atoms with van der Waals surface area (Å²) in [6, 6.07) is 6.28. The van der Waals surface area contributed by atoms with E-state index in [1.807, 2.05) is 4.57 Å². The maximum atomic E-state index is 11.3. The molecule has 1 atom stereocenters. The number of carbonyl (C=O) groups is 1. The number of nitrogens with zero attached hydrogens (tertiary/aromatic N) is 1. The van der Waals surface area contributed by atoms with E-state index in [4.69, 9.17) is 4.74 Å². The van der Waals surface area contributed by atoms with Gasteiger partial charge in [-0.15, -0.1) is 0 Å². The Labute approximate surface area is 124 Å². The van der Waals surface area contributed by atoms with E-state index in [9.17, 15) is 9.90 Å². The van der Waals surface area contributed by atoms with E-state index in [-0.39, 0.29) is 12.6 Å². The number of aryl methyl sites for hydroxylation is 1. The molecule has 1 aromatic carbocycles. The van der Waals surface area contributed by atoms with Gasteiger partial charge in [-0.05, 0) is 30.4 Å². The van der Waals surface area contributed by atoms with Crippen LogP contribution in [0.2, 0.25) is 0 Å². The van der Waals surface area contributed by atoms with Crippen molar-refractivity contribution < 1.29 is 14.6 Å². The highest BCUT2D eigenvalue weighted by Gasteiger charge is 2.28. The van der Waals surface area contributed by atoms with Gasteiger partial charge in [-0.1, -0.05) is 32.0 Å². The molecule has 0 saturated carbocycles. The van der Waals surface area contributed by atoms with E-state index in [2.05, 4.69) is 32.0 Å². The second-order valence-corrected chi connectivity index (χ2v) is 5.53. The Bertz CT molecular complexity index is 687. The number of hydrogen-bond acceptors (Lipinski definition) is 2. The molecular formula is C17H21NO3. The third-order valence-electron chi connectivity index (χ3n) is 4.34. The van der Waals surface area contributed by atoms with E-state index in [1.54, 1.807) is 0 Å². The lowest BCUT2D eigenvalue weighted by molar-refractivity contribution is -0.137. The van der Waals surface area contributed by atoms with Crippen molar-refractivity contribution in [1.82, 2.24) is 4.57 Å². The zero-order chi connectivity index (χ0) is 15.0. The third kappa shape index (κ3) is 2.23. The molecule has 4 heteroatoms. The zero-order valence-electron chi connectivity index (χ0n) is 12.6. The van der Waals surface area contributed by atoms with Crippen molar-refractivity contribution in [2.45, 2.75) is 45.8 Å². The SMILES string of the molecule is CCc1cccc2c3c(n(CC(=O)O)c12)[C@@H](CC)OCC3. The number of aromatic nitrogens is 1. The van der Waals surface area contributed by atoms with Crippen molar-refractivity contribution in [2.75, 3.05) is 6.61 Å². The lowest BCUT2D eigenvalue weighted by atomic mass is 10.00. The lowest BCUT2D eigenvalue weighted by Gasteiger charge is -2.25. The monoisotopic (exact) mass is 287 g/mol. The molecule has 0 fully saturated rings. The number of aliphatic carboxylic acids is 1. The van der Waals surface area contributed by atoms with E-state index in [0.29, 0.717) is 6.61 Å². The van der Waals surface area contributed by atoms with Crippen LogP contribution < -0.4 is 0 Å². The van der Waals surface area contributed by atoms with Crippen molar-refractivity contribution in [3.8, 4) is 0 Å².